The van der Waals surface area contributed by atoms with Gasteiger partial charge >= 0.3 is 0 Å². The summed E-state index contributed by atoms with van der Waals surface area (Å²) in [5.74, 6) is 1.61. The zero-order valence-electron chi connectivity index (χ0n) is 10.5. The summed E-state index contributed by atoms with van der Waals surface area (Å²) in [7, 11) is 3.23. The van der Waals surface area contributed by atoms with Crippen LogP contribution in [0, 0.1) is 0 Å². The molecule has 0 aliphatic carbocycles. The lowest BCUT2D eigenvalue weighted by atomic mass is 10.1. The number of benzene rings is 1. The van der Waals surface area contributed by atoms with Crippen molar-refractivity contribution in [3.8, 4) is 11.5 Å². The zero-order chi connectivity index (χ0) is 13.1. The Morgan fingerprint density at radius 2 is 1.94 bits per heavy atom. The number of likely N-dealkylation sites (tertiary alicyclic amines) is 1. The van der Waals surface area contributed by atoms with Crippen LogP contribution in [0.15, 0.2) is 18.2 Å². The van der Waals surface area contributed by atoms with Crippen LogP contribution in [0.2, 0.25) is 0 Å². The molecule has 1 heterocycles. The van der Waals surface area contributed by atoms with Gasteiger partial charge in [0.25, 0.3) is 0 Å². The van der Waals surface area contributed by atoms with Crippen molar-refractivity contribution < 1.29 is 14.3 Å². The number of hydrogen-bond donors (Lipinski definition) is 1. The van der Waals surface area contributed by atoms with Gasteiger partial charge < -0.3 is 14.4 Å². The molecule has 1 aliphatic rings. The lowest BCUT2D eigenvalue weighted by molar-refractivity contribution is -0.128. The largest absolute Gasteiger partial charge is 0.496 e. The number of rotatable bonds is 4. The minimum atomic E-state index is 0.123. The number of carbonyl (C=O) groups excluding carboxylic acids is 1. The van der Waals surface area contributed by atoms with E-state index in [9.17, 15) is 4.79 Å². The van der Waals surface area contributed by atoms with Gasteiger partial charge in [-0.15, -0.1) is 0 Å². The van der Waals surface area contributed by atoms with Crippen molar-refractivity contribution in [2.75, 3.05) is 20.8 Å². The second kappa shape index (κ2) is 5.52. The van der Waals surface area contributed by atoms with Crippen molar-refractivity contribution in [1.29, 1.82) is 0 Å². The summed E-state index contributed by atoms with van der Waals surface area (Å²) in [5, 5.41) is 0.123. The SMILES string of the molecule is COc1cccc(OC)c1CN1CC(S)CC1=O. The molecule has 1 unspecified atom stereocenters. The van der Waals surface area contributed by atoms with Crippen molar-refractivity contribution in [1.82, 2.24) is 4.90 Å². The van der Waals surface area contributed by atoms with Crippen LogP contribution in [0.4, 0.5) is 0 Å². The van der Waals surface area contributed by atoms with Crippen LogP contribution in [0.1, 0.15) is 12.0 Å². The molecule has 1 atom stereocenters. The molecule has 0 N–H and O–H groups in total. The first kappa shape index (κ1) is 13.1. The average molecular weight is 267 g/mol. The Labute approximate surface area is 112 Å². The number of carbonyl (C=O) groups is 1. The van der Waals surface area contributed by atoms with Gasteiger partial charge in [-0.2, -0.15) is 12.6 Å². The quantitative estimate of drug-likeness (QED) is 0.845. The van der Waals surface area contributed by atoms with E-state index < -0.39 is 0 Å². The summed E-state index contributed by atoms with van der Waals surface area (Å²) in [6.07, 6.45) is 0.501. The molecule has 1 aromatic rings. The highest BCUT2D eigenvalue weighted by molar-refractivity contribution is 7.81. The Balaban J connectivity index is 2.25. The molecule has 0 aromatic heterocycles. The molecule has 1 saturated heterocycles. The van der Waals surface area contributed by atoms with Crippen molar-refractivity contribution in [2.45, 2.75) is 18.2 Å². The molecule has 1 aliphatic heterocycles. The number of nitrogens with zero attached hydrogens (tertiary/aromatic N) is 1. The Hall–Kier alpha value is -1.36. The maximum absolute atomic E-state index is 11.8. The predicted molar refractivity (Wildman–Crippen MR) is 72.4 cm³/mol. The molecular weight excluding hydrogens is 250 g/mol. The third-order valence-electron chi connectivity index (χ3n) is 3.07. The smallest absolute Gasteiger partial charge is 0.224 e. The standard InChI is InChI=1S/C13H17NO3S/c1-16-11-4-3-5-12(17-2)10(11)8-14-7-9(18)6-13(14)15/h3-5,9,18H,6-8H2,1-2H3. The zero-order valence-corrected chi connectivity index (χ0v) is 11.4. The molecule has 4 nitrogen and oxygen atoms in total. The number of thiol groups is 1. The highest BCUT2D eigenvalue weighted by atomic mass is 32.1. The second-order valence-corrected chi connectivity index (χ2v) is 5.00. The number of hydrogen-bond acceptors (Lipinski definition) is 4. The van der Waals surface area contributed by atoms with E-state index in [1.54, 1.807) is 19.1 Å². The minimum Gasteiger partial charge on any atom is -0.496 e. The Kier molecular flexibility index (Phi) is 4.01. The van der Waals surface area contributed by atoms with Crippen molar-refractivity contribution >= 4 is 18.5 Å². The Bertz CT molecular complexity index is 428. The maximum Gasteiger partial charge on any atom is 0.224 e. The molecule has 1 amide bonds. The van der Waals surface area contributed by atoms with Crippen molar-refractivity contribution in [3.05, 3.63) is 23.8 Å². The molecular formula is C13H17NO3S. The van der Waals surface area contributed by atoms with Crippen LogP contribution in [0.25, 0.3) is 0 Å². The van der Waals surface area contributed by atoms with Crippen LogP contribution in [0.3, 0.4) is 0 Å². The normalized spacial score (nSPS) is 19.2. The lowest BCUT2D eigenvalue weighted by Crippen LogP contribution is -2.25. The van der Waals surface area contributed by atoms with Gasteiger partial charge in [-0.25, -0.2) is 0 Å². The van der Waals surface area contributed by atoms with Gasteiger partial charge in [0.1, 0.15) is 11.5 Å². The summed E-state index contributed by atoms with van der Waals surface area (Å²) in [6, 6.07) is 5.61. The van der Waals surface area contributed by atoms with Crippen LogP contribution in [-0.4, -0.2) is 36.8 Å². The molecule has 5 heteroatoms. The van der Waals surface area contributed by atoms with Gasteiger partial charge in [0.2, 0.25) is 5.91 Å². The van der Waals surface area contributed by atoms with E-state index in [1.165, 1.54) is 0 Å². The molecule has 0 bridgehead atoms. The molecule has 0 radical (unpaired) electrons. The van der Waals surface area contributed by atoms with Gasteiger partial charge in [-0.1, -0.05) is 6.07 Å². The summed E-state index contributed by atoms with van der Waals surface area (Å²) in [5.41, 5.74) is 0.901. The molecule has 18 heavy (non-hydrogen) atoms. The van der Waals surface area contributed by atoms with E-state index in [1.807, 2.05) is 18.2 Å². The van der Waals surface area contributed by atoms with E-state index in [-0.39, 0.29) is 11.2 Å². The molecule has 0 spiro atoms. The first-order valence-electron chi connectivity index (χ1n) is 5.81. The first-order chi connectivity index (χ1) is 8.65. The van der Waals surface area contributed by atoms with Gasteiger partial charge in [-0.3, -0.25) is 4.79 Å². The summed E-state index contributed by atoms with van der Waals surface area (Å²) in [4.78, 5) is 13.6. The predicted octanol–water partition coefficient (Wildman–Crippen LogP) is 1.73. The van der Waals surface area contributed by atoms with Crippen LogP contribution >= 0.6 is 12.6 Å². The van der Waals surface area contributed by atoms with Crippen LogP contribution in [-0.2, 0) is 11.3 Å². The van der Waals surface area contributed by atoms with Crippen molar-refractivity contribution in [2.24, 2.45) is 0 Å². The highest BCUT2D eigenvalue weighted by Gasteiger charge is 2.28. The van der Waals surface area contributed by atoms with Gasteiger partial charge in [0, 0.05) is 18.2 Å². The third-order valence-corrected chi connectivity index (χ3v) is 3.42. The highest BCUT2D eigenvalue weighted by Crippen LogP contribution is 2.31. The van der Waals surface area contributed by atoms with E-state index >= 15 is 0 Å². The van der Waals surface area contributed by atoms with E-state index in [2.05, 4.69) is 12.6 Å². The number of ether oxygens (including phenoxy) is 2. The topological polar surface area (TPSA) is 38.8 Å². The summed E-state index contributed by atoms with van der Waals surface area (Å²) >= 11 is 4.35. The summed E-state index contributed by atoms with van der Waals surface area (Å²) in [6.45, 7) is 1.17. The molecule has 98 valence electrons. The molecule has 1 fully saturated rings. The monoisotopic (exact) mass is 267 g/mol. The molecule has 2 rings (SSSR count). The van der Waals surface area contributed by atoms with E-state index in [0.29, 0.717) is 19.5 Å². The lowest BCUT2D eigenvalue weighted by Gasteiger charge is -2.19. The number of methoxy groups -OCH3 is 2. The Morgan fingerprint density at radius 1 is 1.33 bits per heavy atom. The van der Waals surface area contributed by atoms with Gasteiger partial charge in [0.15, 0.2) is 0 Å². The number of amides is 1. The van der Waals surface area contributed by atoms with Gasteiger partial charge in [-0.05, 0) is 12.1 Å². The van der Waals surface area contributed by atoms with Gasteiger partial charge in [0.05, 0.1) is 26.3 Å². The Morgan fingerprint density at radius 3 is 2.39 bits per heavy atom. The average Bonchev–Trinajstić information content (AvgIpc) is 2.68. The fraction of sp³-hybridized carbons (Fsp3) is 0.462. The second-order valence-electron chi connectivity index (χ2n) is 4.27. The van der Waals surface area contributed by atoms with Crippen LogP contribution in [0.5, 0.6) is 11.5 Å². The fourth-order valence-electron chi connectivity index (χ4n) is 2.18. The molecule has 0 saturated carbocycles. The fourth-order valence-corrected chi connectivity index (χ4v) is 2.53. The minimum absolute atomic E-state index is 0.123. The summed E-state index contributed by atoms with van der Waals surface area (Å²) < 4.78 is 10.6. The van der Waals surface area contributed by atoms with E-state index in [0.717, 1.165) is 17.1 Å². The van der Waals surface area contributed by atoms with Crippen molar-refractivity contribution in [3.63, 3.8) is 0 Å². The first-order valence-corrected chi connectivity index (χ1v) is 6.33. The maximum atomic E-state index is 11.8. The molecule has 1 aromatic carbocycles. The third kappa shape index (κ3) is 2.56. The van der Waals surface area contributed by atoms with E-state index in [4.69, 9.17) is 9.47 Å². The van der Waals surface area contributed by atoms with Crippen LogP contribution < -0.4 is 9.47 Å².